The third kappa shape index (κ3) is 6.53. The van der Waals surface area contributed by atoms with E-state index in [-0.39, 0.29) is 5.75 Å². The van der Waals surface area contributed by atoms with Crippen molar-refractivity contribution in [1.29, 1.82) is 0 Å². The SMILES string of the molecule is CCCNC(C)CCCCOc1ccc(F)cc1F. The molecule has 1 aromatic carbocycles. The summed E-state index contributed by atoms with van der Waals surface area (Å²) in [6, 6.07) is 3.87. The molecule has 0 amide bonds. The molecule has 0 aliphatic carbocycles. The van der Waals surface area contributed by atoms with Gasteiger partial charge in [0.25, 0.3) is 0 Å². The molecule has 0 aliphatic rings. The van der Waals surface area contributed by atoms with Crippen LogP contribution in [-0.2, 0) is 0 Å². The Kier molecular flexibility index (Phi) is 7.41. The first-order valence-corrected chi connectivity index (χ1v) is 6.94. The Balaban J connectivity index is 2.13. The van der Waals surface area contributed by atoms with Crippen molar-refractivity contribution in [2.45, 2.75) is 45.6 Å². The first kappa shape index (κ1) is 15.9. The lowest BCUT2D eigenvalue weighted by molar-refractivity contribution is 0.287. The summed E-state index contributed by atoms with van der Waals surface area (Å²) < 4.78 is 31.2. The van der Waals surface area contributed by atoms with E-state index in [1.165, 1.54) is 12.1 Å². The quantitative estimate of drug-likeness (QED) is 0.688. The van der Waals surface area contributed by atoms with Gasteiger partial charge < -0.3 is 10.1 Å². The van der Waals surface area contributed by atoms with Gasteiger partial charge in [-0.05, 0) is 51.3 Å². The predicted molar refractivity (Wildman–Crippen MR) is 73.5 cm³/mol. The smallest absolute Gasteiger partial charge is 0.167 e. The largest absolute Gasteiger partial charge is 0.491 e. The first-order chi connectivity index (χ1) is 9.13. The molecule has 108 valence electrons. The van der Waals surface area contributed by atoms with Crippen LogP contribution in [0.25, 0.3) is 0 Å². The van der Waals surface area contributed by atoms with Gasteiger partial charge in [0.2, 0.25) is 0 Å². The zero-order valence-electron chi connectivity index (χ0n) is 11.7. The number of unbranched alkanes of at least 4 members (excludes halogenated alkanes) is 1. The number of halogens is 2. The van der Waals surface area contributed by atoms with Crippen molar-refractivity contribution in [1.82, 2.24) is 5.32 Å². The number of rotatable bonds is 9. The Hall–Kier alpha value is -1.16. The minimum Gasteiger partial charge on any atom is -0.491 e. The molecule has 0 bridgehead atoms. The van der Waals surface area contributed by atoms with Gasteiger partial charge in [0.15, 0.2) is 11.6 Å². The Morgan fingerprint density at radius 3 is 2.74 bits per heavy atom. The Morgan fingerprint density at radius 2 is 2.05 bits per heavy atom. The second-order valence-corrected chi connectivity index (χ2v) is 4.77. The zero-order valence-corrected chi connectivity index (χ0v) is 11.7. The molecule has 0 saturated heterocycles. The molecule has 0 spiro atoms. The van der Waals surface area contributed by atoms with Gasteiger partial charge in [0.05, 0.1) is 6.61 Å². The van der Waals surface area contributed by atoms with Crippen LogP contribution < -0.4 is 10.1 Å². The van der Waals surface area contributed by atoms with Gasteiger partial charge in [-0.1, -0.05) is 6.92 Å². The molecule has 0 aromatic heterocycles. The topological polar surface area (TPSA) is 21.3 Å². The van der Waals surface area contributed by atoms with Crippen molar-refractivity contribution in [3.05, 3.63) is 29.8 Å². The third-order valence-electron chi connectivity index (χ3n) is 2.93. The van der Waals surface area contributed by atoms with Gasteiger partial charge >= 0.3 is 0 Å². The van der Waals surface area contributed by atoms with Crippen LogP contribution in [0.2, 0.25) is 0 Å². The van der Waals surface area contributed by atoms with E-state index < -0.39 is 11.6 Å². The summed E-state index contributed by atoms with van der Waals surface area (Å²) in [4.78, 5) is 0. The fourth-order valence-corrected chi connectivity index (χ4v) is 1.82. The molecule has 0 heterocycles. The van der Waals surface area contributed by atoms with Crippen LogP contribution in [0, 0.1) is 11.6 Å². The third-order valence-corrected chi connectivity index (χ3v) is 2.93. The van der Waals surface area contributed by atoms with Gasteiger partial charge in [-0.15, -0.1) is 0 Å². The number of benzene rings is 1. The average molecular weight is 271 g/mol. The minimum absolute atomic E-state index is 0.124. The fourth-order valence-electron chi connectivity index (χ4n) is 1.82. The summed E-state index contributed by atoms with van der Waals surface area (Å²) in [5.41, 5.74) is 0. The van der Waals surface area contributed by atoms with Crippen LogP contribution >= 0.6 is 0 Å². The van der Waals surface area contributed by atoms with E-state index in [0.717, 1.165) is 38.3 Å². The number of nitrogens with one attached hydrogen (secondary N) is 1. The van der Waals surface area contributed by atoms with E-state index in [4.69, 9.17) is 4.74 Å². The lowest BCUT2D eigenvalue weighted by atomic mass is 10.1. The van der Waals surface area contributed by atoms with E-state index in [1.54, 1.807) is 0 Å². The number of hydrogen-bond acceptors (Lipinski definition) is 2. The molecular formula is C15H23F2NO. The monoisotopic (exact) mass is 271 g/mol. The molecule has 0 fully saturated rings. The highest BCUT2D eigenvalue weighted by Crippen LogP contribution is 2.17. The van der Waals surface area contributed by atoms with Crippen molar-refractivity contribution in [3.8, 4) is 5.75 Å². The van der Waals surface area contributed by atoms with E-state index in [1.807, 2.05) is 0 Å². The molecule has 1 N–H and O–H groups in total. The second kappa shape index (κ2) is 8.86. The molecule has 0 radical (unpaired) electrons. The van der Waals surface area contributed by atoms with Crippen LogP contribution in [-0.4, -0.2) is 19.2 Å². The van der Waals surface area contributed by atoms with E-state index in [0.29, 0.717) is 12.6 Å². The van der Waals surface area contributed by atoms with Gasteiger partial charge in [-0.25, -0.2) is 8.78 Å². The molecule has 4 heteroatoms. The van der Waals surface area contributed by atoms with Crippen LogP contribution in [0.15, 0.2) is 18.2 Å². The highest BCUT2D eigenvalue weighted by Gasteiger charge is 2.05. The number of hydrogen-bond donors (Lipinski definition) is 1. The summed E-state index contributed by atoms with van der Waals surface area (Å²) >= 11 is 0. The molecule has 2 nitrogen and oxygen atoms in total. The number of ether oxygens (including phenoxy) is 1. The van der Waals surface area contributed by atoms with Crippen LogP contribution in [0.5, 0.6) is 5.75 Å². The van der Waals surface area contributed by atoms with E-state index in [2.05, 4.69) is 19.2 Å². The van der Waals surface area contributed by atoms with Crippen molar-refractivity contribution in [3.63, 3.8) is 0 Å². The summed E-state index contributed by atoms with van der Waals surface area (Å²) in [5, 5.41) is 3.41. The molecule has 0 aliphatic heterocycles. The summed E-state index contributed by atoms with van der Waals surface area (Å²) in [6.07, 6.45) is 4.11. The maximum atomic E-state index is 13.3. The molecule has 19 heavy (non-hydrogen) atoms. The maximum absolute atomic E-state index is 13.3. The Bertz CT molecular complexity index is 371. The first-order valence-electron chi connectivity index (χ1n) is 6.94. The summed E-state index contributed by atoms with van der Waals surface area (Å²) in [6.45, 7) is 5.81. The molecular weight excluding hydrogens is 248 g/mol. The van der Waals surface area contributed by atoms with E-state index >= 15 is 0 Å². The van der Waals surface area contributed by atoms with Gasteiger partial charge in [0.1, 0.15) is 5.82 Å². The molecule has 1 rings (SSSR count). The second-order valence-electron chi connectivity index (χ2n) is 4.77. The lowest BCUT2D eigenvalue weighted by Gasteiger charge is -2.13. The zero-order chi connectivity index (χ0) is 14.1. The summed E-state index contributed by atoms with van der Waals surface area (Å²) in [5.74, 6) is -1.10. The van der Waals surface area contributed by atoms with Crippen LogP contribution in [0.4, 0.5) is 8.78 Å². The van der Waals surface area contributed by atoms with Crippen molar-refractivity contribution in [2.75, 3.05) is 13.2 Å². The predicted octanol–water partition coefficient (Wildman–Crippen LogP) is 3.90. The van der Waals surface area contributed by atoms with Gasteiger partial charge in [-0.3, -0.25) is 0 Å². The standard InChI is InChI=1S/C15H23F2NO/c1-3-9-18-12(2)6-4-5-10-19-15-8-7-13(16)11-14(15)17/h7-8,11-12,18H,3-6,9-10H2,1-2H3. The molecule has 0 saturated carbocycles. The highest BCUT2D eigenvalue weighted by molar-refractivity contribution is 5.24. The lowest BCUT2D eigenvalue weighted by Crippen LogP contribution is -2.26. The van der Waals surface area contributed by atoms with Crippen LogP contribution in [0.3, 0.4) is 0 Å². The van der Waals surface area contributed by atoms with Crippen molar-refractivity contribution in [2.24, 2.45) is 0 Å². The normalized spacial score (nSPS) is 12.4. The van der Waals surface area contributed by atoms with Crippen LogP contribution in [0.1, 0.15) is 39.5 Å². The molecule has 1 atom stereocenters. The highest BCUT2D eigenvalue weighted by atomic mass is 19.1. The Morgan fingerprint density at radius 1 is 1.26 bits per heavy atom. The Labute approximate surface area is 114 Å². The minimum atomic E-state index is -0.641. The molecule has 1 unspecified atom stereocenters. The maximum Gasteiger partial charge on any atom is 0.167 e. The molecule has 1 aromatic rings. The van der Waals surface area contributed by atoms with Crippen molar-refractivity contribution >= 4 is 0 Å². The van der Waals surface area contributed by atoms with E-state index in [9.17, 15) is 8.78 Å². The fraction of sp³-hybridized carbons (Fsp3) is 0.600. The summed E-state index contributed by atoms with van der Waals surface area (Å²) in [7, 11) is 0. The average Bonchev–Trinajstić information content (AvgIpc) is 2.38. The van der Waals surface area contributed by atoms with Gasteiger partial charge in [-0.2, -0.15) is 0 Å². The van der Waals surface area contributed by atoms with Crippen molar-refractivity contribution < 1.29 is 13.5 Å². The van der Waals surface area contributed by atoms with Gasteiger partial charge in [0, 0.05) is 12.1 Å².